The molecule has 0 heterocycles. The van der Waals surface area contributed by atoms with Crippen molar-refractivity contribution in [2.45, 2.75) is 70.6 Å². The Labute approximate surface area is 167 Å². The molecule has 0 aromatic heterocycles. The van der Waals surface area contributed by atoms with E-state index in [2.05, 4.69) is 29.5 Å². The third kappa shape index (κ3) is 10.2. The Bertz CT molecular complexity index is 370. The highest BCUT2D eigenvalue weighted by atomic mass is 127. The number of halogens is 1. The maximum absolute atomic E-state index is 12.0. The summed E-state index contributed by atoms with van der Waals surface area (Å²) in [5, 5.41) is 7.15. The quantitative estimate of drug-likeness (QED) is 0.222. The molecule has 7 heteroatoms. The maximum atomic E-state index is 12.0. The summed E-state index contributed by atoms with van der Waals surface area (Å²) in [4.78, 5) is 4.59. The summed E-state index contributed by atoms with van der Waals surface area (Å²) >= 11 is 0. The number of guanidine groups is 1. The van der Waals surface area contributed by atoms with E-state index >= 15 is 0 Å². The minimum Gasteiger partial charge on any atom is -0.380 e. The third-order valence-electron chi connectivity index (χ3n) is 4.12. The fourth-order valence-electron chi connectivity index (χ4n) is 2.83. The largest absolute Gasteiger partial charge is 0.380 e. The number of nitrogens with one attached hydrogen (secondary N) is 2. The predicted molar refractivity (Wildman–Crippen MR) is 115 cm³/mol. The van der Waals surface area contributed by atoms with Crippen molar-refractivity contribution >= 4 is 40.7 Å². The van der Waals surface area contributed by atoms with Crippen LogP contribution < -0.4 is 10.6 Å². The topological polar surface area (TPSA) is 62.7 Å². The first-order chi connectivity index (χ1) is 11.2. The van der Waals surface area contributed by atoms with E-state index in [0.29, 0.717) is 24.4 Å². The zero-order chi connectivity index (χ0) is 16.9. The maximum Gasteiger partial charge on any atom is 0.191 e. The summed E-state index contributed by atoms with van der Waals surface area (Å²) < 4.78 is 17.6. The molecule has 0 aliphatic heterocycles. The van der Waals surface area contributed by atoms with Crippen molar-refractivity contribution in [3.05, 3.63) is 0 Å². The van der Waals surface area contributed by atoms with Crippen LogP contribution in [0.3, 0.4) is 0 Å². The molecule has 0 spiro atoms. The molecule has 0 aromatic carbocycles. The molecule has 24 heavy (non-hydrogen) atoms. The van der Waals surface area contributed by atoms with E-state index in [1.165, 1.54) is 0 Å². The van der Waals surface area contributed by atoms with Crippen LogP contribution in [0.2, 0.25) is 0 Å². The zero-order valence-corrected chi connectivity index (χ0v) is 18.7. The Morgan fingerprint density at radius 3 is 2.71 bits per heavy atom. The van der Waals surface area contributed by atoms with Crippen LogP contribution in [0, 0.1) is 0 Å². The summed E-state index contributed by atoms with van der Waals surface area (Å²) in [5.41, 5.74) is 0. The Balaban J connectivity index is 0.00000529. The molecule has 1 rings (SSSR count). The Hall–Kier alpha value is 0.110. The van der Waals surface area contributed by atoms with E-state index in [1.54, 1.807) is 0 Å². The van der Waals surface area contributed by atoms with Gasteiger partial charge in [0.1, 0.15) is 0 Å². The molecule has 0 saturated heterocycles. The van der Waals surface area contributed by atoms with E-state index in [9.17, 15) is 4.21 Å². The third-order valence-corrected chi connectivity index (χ3v) is 5.86. The Morgan fingerprint density at radius 1 is 1.25 bits per heavy atom. The molecule has 0 radical (unpaired) electrons. The van der Waals surface area contributed by atoms with Crippen molar-refractivity contribution in [2.75, 3.05) is 32.1 Å². The van der Waals surface area contributed by atoms with Gasteiger partial charge in [-0.15, -0.1) is 24.0 Å². The summed E-state index contributed by atoms with van der Waals surface area (Å²) in [6.45, 7) is 9.27. The van der Waals surface area contributed by atoms with Crippen LogP contribution in [0.4, 0.5) is 0 Å². The molecule has 2 N–H and O–H groups in total. The smallest absolute Gasteiger partial charge is 0.191 e. The lowest BCUT2D eigenvalue weighted by atomic mass is 9.95. The van der Waals surface area contributed by atoms with Gasteiger partial charge in [-0.1, -0.05) is 26.7 Å². The lowest BCUT2D eigenvalue weighted by Gasteiger charge is -2.30. The summed E-state index contributed by atoms with van der Waals surface area (Å²) in [6, 6.07) is 0.378. The fraction of sp³-hybridized carbons (Fsp3) is 0.941. The van der Waals surface area contributed by atoms with Gasteiger partial charge in [0.05, 0.1) is 13.2 Å². The summed E-state index contributed by atoms with van der Waals surface area (Å²) in [6.07, 6.45) is 6.63. The molecule has 3 unspecified atom stereocenters. The van der Waals surface area contributed by atoms with Crippen LogP contribution in [0.25, 0.3) is 0 Å². The first-order valence-corrected chi connectivity index (χ1v) is 10.6. The molecular formula is C17H36IN3O2S. The normalized spacial score (nSPS) is 22.5. The van der Waals surface area contributed by atoms with Crippen molar-refractivity contribution in [1.82, 2.24) is 10.6 Å². The second-order valence-electron chi connectivity index (χ2n) is 6.03. The minimum absolute atomic E-state index is 0. The molecule has 1 aliphatic carbocycles. The van der Waals surface area contributed by atoms with Crippen LogP contribution in [-0.4, -0.2) is 53.5 Å². The predicted octanol–water partition coefficient (Wildman–Crippen LogP) is 3.06. The van der Waals surface area contributed by atoms with Gasteiger partial charge in [0.25, 0.3) is 0 Å². The van der Waals surface area contributed by atoms with E-state index in [0.717, 1.165) is 63.4 Å². The van der Waals surface area contributed by atoms with Crippen LogP contribution in [0.15, 0.2) is 4.99 Å². The fourth-order valence-corrected chi connectivity index (χ4v) is 4.18. The van der Waals surface area contributed by atoms with Crippen molar-refractivity contribution in [3.63, 3.8) is 0 Å². The van der Waals surface area contributed by atoms with Gasteiger partial charge in [-0.25, -0.2) is 0 Å². The highest BCUT2D eigenvalue weighted by molar-refractivity contribution is 14.0. The average molecular weight is 473 g/mol. The van der Waals surface area contributed by atoms with Crippen LogP contribution in [0.5, 0.6) is 0 Å². The van der Waals surface area contributed by atoms with Crippen LogP contribution >= 0.6 is 24.0 Å². The van der Waals surface area contributed by atoms with E-state index < -0.39 is 10.8 Å². The van der Waals surface area contributed by atoms with E-state index in [4.69, 9.17) is 4.74 Å². The van der Waals surface area contributed by atoms with Crippen LogP contribution in [0.1, 0.15) is 59.3 Å². The van der Waals surface area contributed by atoms with E-state index in [-0.39, 0.29) is 24.0 Å². The molecule has 5 nitrogen and oxygen atoms in total. The molecule has 1 saturated carbocycles. The lowest BCUT2D eigenvalue weighted by Crippen LogP contribution is -2.46. The van der Waals surface area contributed by atoms with Gasteiger partial charge in [-0.2, -0.15) is 0 Å². The highest BCUT2D eigenvalue weighted by Gasteiger charge is 2.25. The molecule has 0 bridgehead atoms. The zero-order valence-electron chi connectivity index (χ0n) is 15.5. The molecule has 3 atom stereocenters. The second kappa shape index (κ2) is 15.4. The average Bonchev–Trinajstić information content (AvgIpc) is 2.57. The number of hydrogen-bond acceptors (Lipinski definition) is 3. The summed E-state index contributed by atoms with van der Waals surface area (Å²) in [7, 11) is -0.683. The van der Waals surface area contributed by atoms with Crippen LogP contribution in [-0.2, 0) is 15.5 Å². The number of aliphatic imine (C=N–C) groups is 1. The monoisotopic (exact) mass is 473 g/mol. The van der Waals surface area contributed by atoms with Gasteiger partial charge < -0.3 is 15.4 Å². The standard InChI is InChI=1S/C17H35N3O2S.HI/c1-4-7-12-22-13-11-19-17(18-5-2)20-15-9-8-10-16(14-15)23(21)6-3;/h15-16H,4-14H2,1-3H3,(H2,18,19,20);1H. The van der Waals surface area contributed by atoms with Gasteiger partial charge in [-0.3, -0.25) is 9.20 Å². The number of unbranched alkanes of at least 4 members (excludes halogenated alkanes) is 1. The summed E-state index contributed by atoms with van der Waals surface area (Å²) in [5.74, 6) is 1.63. The number of ether oxygens (including phenoxy) is 1. The first kappa shape index (κ1) is 24.1. The van der Waals surface area contributed by atoms with Gasteiger partial charge in [0.15, 0.2) is 5.96 Å². The molecule has 0 amide bonds. The number of nitrogens with zero attached hydrogens (tertiary/aromatic N) is 1. The lowest BCUT2D eigenvalue weighted by molar-refractivity contribution is 0.138. The number of hydrogen-bond donors (Lipinski definition) is 2. The van der Waals surface area contributed by atoms with Gasteiger partial charge >= 0.3 is 0 Å². The Kier molecular flexibility index (Phi) is 15.4. The molecule has 144 valence electrons. The van der Waals surface area contributed by atoms with Gasteiger partial charge in [0, 0.05) is 41.0 Å². The van der Waals surface area contributed by atoms with Crippen molar-refractivity contribution in [1.29, 1.82) is 0 Å². The van der Waals surface area contributed by atoms with Gasteiger partial charge in [-0.05, 0) is 32.6 Å². The molecular weight excluding hydrogens is 437 g/mol. The highest BCUT2D eigenvalue weighted by Crippen LogP contribution is 2.22. The first-order valence-electron chi connectivity index (χ1n) is 9.20. The SMILES string of the molecule is CCCCOCCN=C(NCC)NC1CCCC(S(=O)CC)C1.I. The molecule has 1 aliphatic rings. The number of rotatable bonds is 10. The van der Waals surface area contributed by atoms with E-state index in [1.807, 2.05) is 6.92 Å². The Morgan fingerprint density at radius 2 is 2.04 bits per heavy atom. The van der Waals surface area contributed by atoms with Gasteiger partial charge in [0.2, 0.25) is 0 Å². The second-order valence-corrected chi connectivity index (χ2v) is 8.03. The minimum atomic E-state index is -0.683. The van der Waals surface area contributed by atoms with Crippen molar-refractivity contribution in [3.8, 4) is 0 Å². The van der Waals surface area contributed by atoms with Crippen molar-refractivity contribution < 1.29 is 8.95 Å². The molecule has 1 fully saturated rings. The van der Waals surface area contributed by atoms with Crippen molar-refractivity contribution in [2.24, 2.45) is 4.99 Å². The molecule has 0 aromatic rings.